The topological polar surface area (TPSA) is 79.1 Å². The van der Waals surface area contributed by atoms with Crippen molar-refractivity contribution in [3.8, 4) is 0 Å². The molecule has 0 spiro atoms. The Kier molecular flexibility index (Phi) is 3.14. The van der Waals surface area contributed by atoms with Crippen molar-refractivity contribution in [2.75, 3.05) is 13.1 Å². The van der Waals surface area contributed by atoms with Crippen LogP contribution in [0.1, 0.15) is 0 Å². The van der Waals surface area contributed by atoms with Crippen molar-refractivity contribution in [2.45, 2.75) is 0 Å². The number of nitrogens with zero attached hydrogens (tertiary/aromatic N) is 2. The van der Waals surface area contributed by atoms with Crippen LogP contribution in [0.4, 0.5) is 0 Å². The fourth-order valence-corrected chi connectivity index (χ4v) is 0.573. The van der Waals surface area contributed by atoms with Crippen LogP contribution in [0.25, 0.3) is 0 Å². The van der Waals surface area contributed by atoms with Crippen molar-refractivity contribution in [3.63, 3.8) is 0 Å². The number of nitrogens with two attached hydrogens (primary N) is 1. The van der Waals surface area contributed by atoms with Gasteiger partial charge < -0.3 is 16.1 Å². The molecule has 0 aromatic carbocycles. The lowest BCUT2D eigenvalue weighted by Gasteiger charge is -1.92. The van der Waals surface area contributed by atoms with Crippen LogP contribution >= 0.6 is 0 Å². The monoisotopic (exact) mass is 153 g/mol. The van der Waals surface area contributed by atoms with Gasteiger partial charge in [-0.1, -0.05) is 0 Å². The molecule has 0 aliphatic carbocycles. The third-order valence-corrected chi connectivity index (χ3v) is 1.03. The van der Waals surface area contributed by atoms with Gasteiger partial charge in [0.25, 0.3) is 0 Å². The normalized spacial score (nSPS) is 11.5. The Morgan fingerprint density at radius 2 is 2.64 bits per heavy atom. The zero-order chi connectivity index (χ0) is 7.94. The molecule has 11 heavy (non-hydrogen) atoms. The van der Waals surface area contributed by atoms with Gasteiger partial charge in [-0.2, -0.15) is 0 Å². The highest BCUT2D eigenvalue weighted by Crippen LogP contribution is 1.63. The third kappa shape index (κ3) is 2.81. The van der Waals surface area contributed by atoms with Crippen molar-refractivity contribution in [3.05, 3.63) is 24.1 Å². The predicted molar refractivity (Wildman–Crippen MR) is 41.2 cm³/mol. The van der Waals surface area contributed by atoms with E-state index in [1.165, 1.54) is 0 Å². The van der Waals surface area contributed by atoms with Crippen LogP contribution in [0.2, 0.25) is 0 Å². The molecule has 1 aromatic rings. The predicted octanol–water partition coefficient (Wildman–Crippen LogP) is -1.23. The molecular weight excluding hydrogens is 142 g/mol. The standard InChI is InChI=1S/C6H11N5/c7-2-5-10-11-6-8-3-1-4-9-6/h1,3-4,10H,2,5,7H2,(H,8,9,11). The average molecular weight is 153 g/mol. The maximum atomic E-state index is 5.24. The smallest absolute Gasteiger partial charge is 0.243 e. The molecule has 0 saturated heterocycles. The number of hydrogen-bond donors (Lipinski definition) is 3. The van der Waals surface area contributed by atoms with Crippen LogP contribution in [0.15, 0.2) is 23.6 Å². The third-order valence-electron chi connectivity index (χ3n) is 1.03. The second kappa shape index (κ2) is 4.45. The summed E-state index contributed by atoms with van der Waals surface area (Å²) in [5, 5.41) is 3.90. The lowest BCUT2D eigenvalue weighted by atomic mass is 10.7. The first kappa shape index (κ1) is 7.74. The highest BCUT2D eigenvalue weighted by atomic mass is 15.3. The molecule has 0 aliphatic rings. The van der Waals surface area contributed by atoms with Gasteiger partial charge >= 0.3 is 0 Å². The number of nitrogens with one attached hydrogen (secondary N) is 2. The fraction of sp³-hybridized carbons (Fsp3) is 0.333. The zero-order valence-corrected chi connectivity index (χ0v) is 6.12. The summed E-state index contributed by atoms with van der Waals surface area (Å²) in [6.07, 6.45) is 3.43. The van der Waals surface area contributed by atoms with Crippen LogP contribution < -0.4 is 16.8 Å². The van der Waals surface area contributed by atoms with E-state index in [0.717, 1.165) is 0 Å². The van der Waals surface area contributed by atoms with E-state index in [1.54, 1.807) is 18.5 Å². The van der Waals surface area contributed by atoms with Gasteiger partial charge in [0, 0.05) is 25.5 Å². The van der Waals surface area contributed by atoms with Crippen molar-refractivity contribution < 1.29 is 0 Å². The van der Waals surface area contributed by atoms with E-state index in [4.69, 9.17) is 5.73 Å². The Hall–Kier alpha value is -1.36. The van der Waals surface area contributed by atoms with Crippen LogP contribution in [0.5, 0.6) is 0 Å². The van der Waals surface area contributed by atoms with E-state index in [-0.39, 0.29) is 0 Å². The van der Waals surface area contributed by atoms with Crippen molar-refractivity contribution in [1.29, 1.82) is 0 Å². The Labute approximate surface area is 64.4 Å². The van der Waals surface area contributed by atoms with Gasteiger partial charge in [-0.25, -0.2) is 4.98 Å². The van der Waals surface area contributed by atoms with Crippen LogP contribution in [-0.4, -0.2) is 23.1 Å². The van der Waals surface area contributed by atoms with Crippen LogP contribution in [0.3, 0.4) is 0 Å². The summed E-state index contributed by atoms with van der Waals surface area (Å²) in [5.41, 5.74) is 8.55. The van der Waals surface area contributed by atoms with Crippen LogP contribution in [0, 0.1) is 0 Å². The molecule has 0 atom stereocenters. The summed E-state index contributed by atoms with van der Waals surface area (Å²) >= 11 is 0. The minimum absolute atomic E-state index is 0.556. The summed E-state index contributed by atoms with van der Waals surface area (Å²) in [4.78, 5) is 6.77. The largest absolute Gasteiger partial charge is 0.330 e. The van der Waals surface area contributed by atoms with E-state index >= 15 is 0 Å². The first-order valence-corrected chi connectivity index (χ1v) is 3.40. The Bertz CT molecular complexity index is 236. The molecule has 5 nitrogen and oxygen atoms in total. The van der Waals surface area contributed by atoms with Gasteiger partial charge in [0.15, 0.2) is 0 Å². The van der Waals surface area contributed by atoms with E-state index in [9.17, 15) is 0 Å². The van der Waals surface area contributed by atoms with Gasteiger partial charge in [-0.15, -0.1) is 5.10 Å². The van der Waals surface area contributed by atoms with Gasteiger partial charge in [0.05, 0.1) is 0 Å². The molecule has 0 bridgehead atoms. The summed E-state index contributed by atoms with van der Waals surface area (Å²) in [6.45, 7) is 1.22. The fourth-order valence-electron chi connectivity index (χ4n) is 0.573. The van der Waals surface area contributed by atoms with Gasteiger partial charge in [-0.3, -0.25) is 0 Å². The van der Waals surface area contributed by atoms with E-state index in [2.05, 4.69) is 20.5 Å². The van der Waals surface area contributed by atoms with E-state index in [0.29, 0.717) is 18.7 Å². The van der Waals surface area contributed by atoms with Crippen molar-refractivity contribution in [1.82, 2.24) is 15.4 Å². The summed E-state index contributed by atoms with van der Waals surface area (Å²) < 4.78 is 0. The minimum atomic E-state index is 0.556. The number of aromatic nitrogens is 2. The molecule has 0 radical (unpaired) electrons. The highest BCUT2D eigenvalue weighted by Gasteiger charge is 1.77. The number of hydrogen-bond acceptors (Lipinski definition) is 4. The van der Waals surface area contributed by atoms with Crippen LogP contribution in [-0.2, 0) is 0 Å². The Balaban J connectivity index is 2.54. The number of H-pyrrole nitrogens is 1. The molecule has 0 unspecified atom stereocenters. The SMILES string of the molecule is NCCNN=c1nccc[nH]1. The zero-order valence-electron chi connectivity index (χ0n) is 6.12. The maximum Gasteiger partial charge on any atom is 0.243 e. The molecule has 5 heteroatoms. The first-order valence-electron chi connectivity index (χ1n) is 3.40. The molecule has 0 amide bonds. The molecular formula is C6H11N5. The van der Waals surface area contributed by atoms with E-state index in [1.807, 2.05) is 0 Å². The lowest BCUT2D eigenvalue weighted by Crippen LogP contribution is -2.23. The summed E-state index contributed by atoms with van der Waals surface area (Å²) in [7, 11) is 0. The quantitative estimate of drug-likeness (QED) is 0.376. The van der Waals surface area contributed by atoms with Gasteiger partial charge in [0.1, 0.15) is 0 Å². The molecule has 1 heterocycles. The maximum absolute atomic E-state index is 5.24. The number of aromatic amines is 1. The molecule has 0 fully saturated rings. The van der Waals surface area contributed by atoms with E-state index < -0.39 is 0 Å². The molecule has 0 aliphatic heterocycles. The molecule has 1 rings (SSSR count). The number of rotatable bonds is 3. The highest BCUT2D eigenvalue weighted by molar-refractivity contribution is 4.75. The minimum Gasteiger partial charge on any atom is -0.330 e. The molecule has 4 N–H and O–H groups in total. The Morgan fingerprint density at radius 1 is 1.73 bits per heavy atom. The van der Waals surface area contributed by atoms with Crippen molar-refractivity contribution >= 4 is 0 Å². The Morgan fingerprint density at radius 3 is 3.27 bits per heavy atom. The van der Waals surface area contributed by atoms with Gasteiger partial charge in [0.2, 0.25) is 5.62 Å². The summed E-state index contributed by atoms with van der Waals surface area (Å²) in [5.74, 6) is 0. The lowest BCUT2D eigenvalue weighted by molar-refractivity contribution is 0.697. The molecule has 0 saturated carbocycles. The molecule has 1 aromatic heterocycles. The second-order valence-corrected chi connectivity index (χ2v) is 1.91. The van der Waals surface area contributed by atoms with Gasteiger partial charge in [-0.05, 0) is 6.07 Å². The summed E-state index contributed by atoms with van der Waals surface area (Å²) in [6, 6.07) is 1.79. The first-order chi connectivity index (χ1) is 5.43. The average Bonchev–Trinajstić information content (AvgIpc) is 2.07. The molecule has 60 valence electrons. The van der Waals surface area contributed by atoms with Crippen molar-refractivity contribution in [2.24, 2.45) is 10.8 Å². The second-order valence-electron chi connectivity index (χ2n) is 1.91.